The van der Waals surface area contributed by atoms with Crippen LogP contribution in [-0.2, 0) is 11.3 Å². The largest absolute Gasteiger partial charge is 0.493 e. The molecule has 0 amide bonds. The van der Waals surface area contributed by atoms with Gasteiger partial charge in [-0.15, -0.1) is 10.2 Å². The van der Waals surface area contributed by atoms with Gasteiger partial charge in [-0.2, -0.15) is 0 Å². The molecule has 1 heterocycles. The number of hydrogen-bond acceptors (Lipinski definition) is 8. The maximum atomic E-state index is 12.2. The summed E-state index contributed by atoms with van der Waals surface area (Å²) in [5.74, 6) is 0.872. The maximum Gasteiger partial charge on any atom is 0.341 e. The van der Waals surface area contributed by atoms with Crippen molar-refractivity contribution in [1.82, 2.24) is 10.2 Å². The average molecular weight is 439 g/mol. The van der Waals surface area contributed by atoms with Gasteiger partial charge in [0.2, 0.25) is 11.6 Å². The van der Waals surface area contributed by atoms with Gasteiger partial charge in [0.1, 0.15) is 0 Å². The van der Waals surface area contributed by atoms with Crippen LogP contribution < -0.4 is 14.2 Å². The molecule has 0 spiro atoms. The van der Waals surface area contributed by atoms with Crippen LogP contribution >= 0.6 is 23.2 Å². The Balaban J connectivity index is 1.79. The van der Waals surface area contributed by atoms with Crippen LogP contribution in [0.5, 0.6) is 17.2 Å². The predicted octanol–water partition coefficient (Wildman–Crippen LogP) is 4.43. The zero-order valence-corrected chi connectivity index (χ0v) is 17.2. The fraction of sp³-hybridized carbons (Fsp3) is 0.211. The third-order valence-electron chi connectivity index (χ3n) is 3.87. The molecule has 0 atom stereocenters. The summed E-state index contributed by atoms with van der Waals surface area (Å²) in [6.07, 6.45) is 0. The number of hydrogen-bond donors (Lipinski definition) is 0. The molecule has 3 rings (SSSR count). The van der Waals surface area contributed by atoms with E-state index in [4.69, 9.17) is 46.6 Å². The van der Waals surface area contributed by atoms with Crippen LogP contribution in [0.3, 0.4) is 0 Å². The second-order valence-corrected chi connectivity index (χ2v) is 6.40. The molecule has 0 radical (unpaired) electrons. The van der Waals surface area contributed by atoms with Crippen molar-refractivity contribution >= 4 is 29.2 Å². The number of benzene rings is 2. The molecule has 8 nitrogen and oxygen atoms in total. The van der Waals surface area contributed by atoms with Crippen LogP contribution in [0, 0.1) is 0 Å². The Labute approximate surface area is 176 Å². The fourth-order valence-electron chi connectivity index (χ4n) is 2.53. The molecule has 0 aliphatic heterocycles. The van der Waals surface area contributed by atoms with Crippen LogP contribution in [0.25, 0.3) is 11.5 Å². The lowest BCUT2D eigenvalue weighted by Gasteiger charge is -2.12. The lowest BCUT2D eigenvalue weighted by Crippen LogP contribution is -2.07. The van der Waals surface area contributed by atoms with Crippen LogP contribution in [-0.4, -0.2) is 37.5 Å². The number of methoxy groups -OCH3 is 3. The first-order chi connectivity index (χ1) is 14.0. The van der Waals surface area contributed by atoms with Gasteiger partial charge in [-0.3, -0.25) is 0 Å². The highest BCUT2D eigenvalue weighted by molar-refractivity contribution is 6.39. The van der Waals surface area contributed by atoms with E-state index in [0.717, 1.165) is 0 Å². The Morgan fingerprint density at radius 1 is 1.00 bits per heavy atom. The Morgan fingerprint density at radius 2 is 1.62 bits per heavy atom. The Kier molecular flexibility index (Phi) is 6.46. The molecule has 10 heteroatoms. The van der Waals surface area contributed by atoms with Crippen LogP contribution in [0.1, 0.15) is 16.2 Å². The van der Waals surface area contributed by atoms with Crippen molar-refractivity contribution in [3.63, 3.8) is 0 Å². The second kappa shape index (κ2) is 9.02. The van der Waals surface area contributed by atoms with Gasteiger partial charge in [-0.25, -0.2) is 4.79 Å². The number of esters is 1. The molecule has 0 bridgehead atoms. The highest BCUT2D eigenvalue weighted by Crippen LogP contribution is 2.40. The minimum atomic E-state index is -0.701. The molecule has 0 aliphatic rings. The Hall–Kier alpha value is -2.97. The Morgan fingerprint density at radius 3 is 2.17 bits per heavy atom. The SMILES string of the molecule is COc1cc(-c2nnc(COC(=O)c3c(Cl)cccc3Cl)o2)cc(OC)c1OC. The second-order valence-electron chi connectivity index (χ2n) is 5.59. The Bertz CT molecular complexity index is 992. The van der Waals surface area contributed by atoms with Gasteiger partial charge in [-0.05, 0) is 24.3 Å². The molecule has 0 aliphatic carbocycles. The van der Waals surface area contributed by atoms with Gasteiger partial charge in [0.15, 0.2) is 18.1 Å². The van der Waals surface area contributed by atoms with Crippen molar-refractivity contribution in [3.05, 3.63) is 51.8 Å². The van der Waals surface area contributed by atoms with Crippen molar-refractivity contribution in [3.8, 4) is 28.7 Å². The van der Waals surface area contributed by atoms with Gasteiger partial charge in [-0.1, -0.05) is 29.3 Å². The van der Waals surface area contributed by atoms with E-state index in [1.807, 2.05) is 0 Å². The summed E-state index contributed by atoms with van der Waals surface area (Å²) in [6.45, 7) is -0.252. The van der Waals surface area contributed by atoms with E-state index in [-0.39, 0.29) is 34.0 Å². The third-order valence-corrected chi connectivity index (χ3v) is 4.50. The summed E-state index contributed by atoms with van der Waals surface area (Å²) in [5, 5.41) is 8.22. The summed E-state index contributed by atoms with van der Waals surface area (Å²) in [6, 6.07) is 8.03. The maximum absolute atomic E-state index is 12.2. The molecular formula is C19H16Cl2N2O6. The minimum Gasteiger partial charge on any atom is -0.493 e. The van der Waals surface area contributed by atoms with Crippen LogP contribution in [0.4, 0.5) is 0 Å². The summed E-state index contributed by atoms with van der Waals surface area (Å²) >= 11 is 12.0. The molecule has 152 valence electrons. The standard InChI is InChI=1S/C19H16Cl2N2O6/c1-25-13-7-10(8-14(26-2)17(13)27-3)18-23-22-15(29-18)9-28-19(24)16-11(20)5-4-6-12(16)21/h4-8H,9H2,1-3H3. The number of nitrogens with zero attached hydrogens (tertiary/aromatic N) is 2. The average Bonchev–Trinajstić information content (AvgIpc) is 3.20. The van der Waals surface area contributed by atoms with E-state index in [1.165, 1.54) is 21.3 Å². The third kappa shape index (κ3) is 4.38. The van der Waals surface area contributed by atoms with Crippen LogP contribution in [0.15, 0.2) is 34.7 Å². The lowest BCUT2D eigenvalue weighted by molar-refractivity contribution is 0.0439. The lowest BCUT2D eigenvalue weighted by atomic mass is 10.2. The molecule has 0 unspecified atom stereocenters. The van der Waals surface area contributed by atoms with Gasteiger partial charge in [0.25, 0.3) is 5.89 Å². The number of carbonyl (C=O) groups excluding carboxylic acids is 1. The zero-order valence-electron chi connectivity index (χ0n) is 15.7. The predicted molar refractivity (Wildman–Crippen MR) is 105 cm³/mol. The smallest absolute Gasteiger partial charge is 0.341 e. The molecule has 1 aromatic heterocycles. The van der Waals surface area contributed by atoms with E-state index in [2.05, 4.69) is 10.2 Å². The van der Waals surface area contributed by atoms with Gasteiger partial charge < -0.3 is 23.4 Å². The highest BCUT2D eigenvalue weighted by atomic mass is 35.5. The normalized spacial score (nSPS) is 10.5. The van der Waals surface area contributed by atoms with Gasteiger partial charge in [0.05, 0.1) is 36.9 Å². The monoisotopic (exact) mass is 438 g/mol. The van der Waals surface area contributed by atoms with E-state index in [1.54, 1.807) is 30.3 Å². The first kappa shape index (κ1) is 20.8. The molecule has 29 heavy (non-hydrogen) atoms. The van der Waals surface area contributed by atoms with Crippen molar-refractivity contribution in [2.24, 2.45) is 0 Å². The molecule has 0 N–H and O–H groups in total. The van der Waals surface area contributed by atoms with E-state index in [0.29, 0.717) is 22.8 Å². The van der Waals surface area contributed by atoms with E-state index < -0.39 is 5.97 Å². The molecule has 3 aromatic rings. The number of rotatable bonds is 7. The fourth-order valence-corrected chi connectivity index (χ4v) is 3.08. The van der Waals surface area contributed by atoms with Crippen molar-refractivity contribution < 1.29 is 28.2 Å². The molecule has 0 saturated heterocycles. The quantitative estimate of drug-likeness (QED) is 0.500. The molecular weight excluding hydrogens is 423 g/mol. The highest BCUT2D eigenvalue weighted by Gasteiger charge is 2.20. The summed E-state index contributed by atoms with van der Waals surface area (Å²) in [7, 11) is 4.50. The number of carbonyl (C=O) groups is 1. The molecule has 0 saturated carbocycles. The van der Waals surface area contributed by atoms with E-state index >= 15 is 0 Å². The summed E-state index contributed by atoms with van der Waals surface area (Å²) < 4.78 is 26.7. The summed E-state index contributed by atoms with van der Waals surface area (Å²) in [5.41, 5.74) is 0.610. The zero-order chi connectivity index (χ0) is 21.0. The first-order valence-corrected chi connectivity index (χ1v) is 8.98. The van der Waals surface area contributed by atoms with Crippen molar-refractivity contribution in [2.45, 2.75) is 6.61 Å². The number of ether oxygens (including phenoxy) is 4. The first-order valence-electron chi connectivity index (χ1n) is 8.22. The van der Waals surface area contributed by atoms with Gasteiger partial charge in [0, 0.05) is 5.56 Å². The van der Waals surface area contributed by atoms with Crippen molar-refractivity contribution in [2.75, 3.05) is 21.3 Å². The minimum absolute atomic E-state index is 0.0696. The number of aromatic nitrogens is 2. The van der Waals surface area contributed by atoms with Crippen molar-refractivity contribution in [1.29, 1.82) is 0 Å². The molecule has 0 fully saturated rings. The van der Waals surface area contributed by atoms with E-state index in [9.17, 15) is 4.79 Å². The van der Waals surface area contributed by atoms with Gasteiger partial charge >= 0.3 is 5.97 Å². The molecule has 2 aromatic carbocycles. The van der Waals surface area contributed by atoms with Crippen LogP contribution in [0.2, 0.25) is 10.0 Å². The number of halogens is 2. The summed E-state index contributed by atoms with van der Waals surface area (Å²) in [4.78, 5) is 12.2. The topological polar surface area (TPSA) is 92.9 Å².